The number of ether oxygens (including phenoxy) is 1. The molecule has 1 aromatic heterocycles. The van der Waals surface area contributed by atoms with Crippen LogP contribution in [0.25, 0.3) is 10.9 Å². The fourth-order valence-electron chi connectivity index (χ4n) is 2.52. The summed E-state index contributed by atoms with van der Waals surface area (Å²) in [7, 11) is 1.54. The van der Waals surface area contributed by atoms with Gasteiger partial charge in [-0.25, -0.2) is 4.79 Å². The highest BCUT2D eigenvalue weighted by molar-refractivity contribution is 5.92. The second-order valence-electron chi connectivity index (χ2n) is 5.56. The second kappa shape index (κ2) is 8.55. The Bertz CT molecular complexity index is 639. The number of aryl methyl sites for hydroxylation is 1. The van der Waals surface area contributed by atoms with Crippen molar-refractivity contribution in [3.8, 4) is 0 Å². The first-order valence-electron chi connectivity index (χ1n) is 7.94. The first-order valence-corrected chi connectivity index (χ1v) is 7.94. The van der Waals surface area contributed by atoms with Crippen molar-refractivity contribution in [1.82, 2.24) is 9.88 Å². The van der Waals surface area contributed by atoms with E-state index in [1.807, 2.05) is 18.2 Å². The van der Waals surface area contributed by atoms with Crippen molar-refractivity contribution in [2.45, 2.75) is 32.4 Å². The summed E-state index contributed by atoms with van der Waals surface area (Å²) < 4.78 is 7.04. The van der Waals surface area contributed by atoms with E-state index >= 15 is 0 Å². The number of aliphatic hydroxyl groups is 1. The van der Waals surface area contributed by atoms with E-state index in [4.69, 9.17) is 4.74 Å². The number of amides is 2. The van der Waals surface area contributed by atoms with E-state index in [1.54, 1.807) is 0 Å². The molecule has 126 valence electrons. The van der Waals surface area contributed by atoms with Crippen molar-refractivity contribution in [2.75, 3.05) is 25.6 Å². The van der Waals surface area contributed by atoms with Crippen LogP contribution < -0.4 is 10.6 Å². The smallest absolute Gasteiger partial charge is 0.319 e. The summed E-state index contributed by atoms with van der Waals surface area (Å²) in [6.45, 7) is 3.80. The normalized spacial score (nSPS) is 12.3. The van der Waals surface area contributed by atoms with Crippen LogP contribution in [0.15, 0.2) is 30.5 Å². The lowest BCUT2D eigenvalue weighted by atomic mass is 10.2. The molecule has 0 saturated carbocycles. The van der Waals surface area contributed by atoms with Gasteiger partial charge in [0.25, 0.3) is 0 Å². The van der Waals surface area contributed by atoms with Crippen LogP contribution in [0.5, 0.6) is 0 Å². The molecule has 2 aromatic rings. The Kier molecular flexibility index (Phi) is 6.43. The first-order chi connectivity index (χ1) is 11.1. The second-order valence-corrected chi connectivity index (χ2v) is 5.56. The van der Waals surface area contributed by atoms with Gasteiger partial charge < -0.3 is 25.0 Å². The van der Waals surface area contributed by atoms with Crippen LogP contribution in [0.3, 0.4) is 0 Å². The number of carbonyl (C=O) groups is 1. The monoisotopic (exact) mass is 319 g/mol. The van der Waals surface area contributed by atoms with Crippen molar-refractivity contribution in [2.24, 2.45) is 0 Å². The molecule has 6 heteroatoms. The first kappa shape index (κ1) is 17.3. The van der Waals surface area contributed by atoms with E-state index in [0.717, 1.165) is 24.0 Å². The third-order valence-electron chi connectivity index (χ3n) is 3.62. The zero-order valence-corrected chi connectivity index (χ0v) is 13.7. The number of fused-ring (bicyclic) bond motifs is 1. The van der Waals surface area contributed by atoms with Crippen LogP contribution in [0.2, 0.25) is 0 Å². The average molecular weight is 319 g/mol. The molecular weight excluding hydrogens is 294 g/mol. The predicted octanol–water partition coefficient (Wildman–Crippen LogP) is 2.57. The number of nitrogens with one attached hydrogen (secondary N) is 2. The number of rotatable bonds is 8. The van der Waals surface area contributed by atoms with Gasteiger partial charge in [0.05, 0.1) is 12.7 Å². The van der Waals surface area contributed by atoms with Crippen LogP contribution in [-0.2, 0) is 11.3 Å². The van der Waals surface area contributed by atoms with Gasteiger partial charge in [-0.1, -0.05) is 6.92 Å². The number of carbonyl (C=O) groups excluding carboxylic acids is 1. The Morgan fingerprint density at radius 1 is 1.39 bits per heavy atom. The SMILES string of the molecule is CCCn1ccc2cc(NC(=O)NCCC(O)COC)ccc21. The molecular formula is C17H25N3O3. The Labute approximate surface area is 136 Å². The number of aliphatic hydroxyl groups excluding tert-OH is 1. The summed E-state index contributed by atoms with van der Waals surface area (Å²) in [6.07, 6.45) is 3.05. The number of anilines is 1. The Morgan fingerprint density at radius 3 is 2.96 bits per heavy atom. The van der Waals surface area contributed by atoms with Gasteiger partial charge in [-0.3, -0.25) is 0 Å². The molecule has 2 rings (SSSR count). The molecule has 0 fully saturated rings. The van der Waals surface area contributed by atoms with Gasteiger partial charge in [0.2, 0.25) is 0 Å². The third-order valence-corrected chi connectivity index (χ3v) is 3.62. The Balaban J connectivity index is 1.87. The molecule has 0 saturated heterocycles. The van der Waals surface area contributed by atoms with Crippen LogP contribution in [0.1, 0.15) is 19.8 Å². The highest BCUT2D eigenvalue weighted by Gasteiger charge is 2.07. The fourth-order valence-corrected chi connectivity index (χ4v) is 2.52. The highest BCUT2D eigenvalue weighted by Crippen LogP contribution is 2.20. The fraction of sp³-hybridized carbons (Fsp3) is 0.471. The van der Waals surface area contributed by atoms with Crippen molar-refractivity contribution in [3.63, 3.8) is 0 Å². The van der Waals surface area contributed by atoms with E-state index in [0.29, 0.717) is 13.0 Å². The Morgan fingerprint density at radius 2 is 2.22 bits per heavy atom. The van der Waals surface area contributed by atoms with Gasteiger partial charge in [0.1, 0.15) is 0 Å². The lowest BCUT2D eigenvalue weighted by molar-refractivity contribution is 0.0599. The number of methoxy groups -OCH3 is 1. The van der Waals surface area contributed by atoms with Crippen molar-refractivity contribution >= 4 is 22.6 Å². The largest absolute Gasteiger partial charge is 0.391 e. The molecule has 3 N–H and O–H groups in total. The van der Waals surface area contributed by atoms with Gasteiger partial charge >= 0.3 is 6.03 Å². The maximum atomic E-state index is 11.9. The molecule has 0 bridgehead atoms. The number of aromatic nitrogens is 1. The van der Waals surface area contributed by atoms with Crippen molar-refractivity contribution < 1.29 is 14.6 Å². The molecule has 0 aliphatic carbocycles. The van der Waals surface area contributed by atoms with Gasteiger partial charge in [-0.15, -0.1) is 0 Å². The maximum Gasteiger partial charge on any atom is 0.319 e. The maximum absolute atomic E-state index is 11.9. The summed E-state index contributed by atoms with van der Waals surface area (Å²) in [4.78, 5) is 11.9. The van der Waals surface area contributed by atoms with Gasteiger partial charge in [-0.2, -0.15) is 0 Å². The molecule has 0 aliphatic rings. The zero-order chi connectivity index (χ0) is 16.7. The zero-order valence-electron chi connectivity index (χ0n) is 13.7. The number of benzene rings is 1. The molecule has 2 amide bonds. The van der Waals surface area contributed by atoms with Crippen molar-refractivity contribution in [3.05, 3.63) is 30.5 Å². The molecule has 0 radical (unpaired) electrons. The van der Waals surface area contributed by atoms with E-state index in [-0.39, 0.29) is 12.6 Å². The van der Waals surface area contributed by atoms with Gasteiger partial charge in [0.15, 0.2) is 0 Å². The lowest BCUT2D eigenvalue weighted by Gasteiger charge is -2.11. The summed E-state index contributed by atoms with van der Waals surface area (Å²) in [5.74, 6) is 0. The summed E-state index contributed by atoms with van der Waals surface area (Å²) in [5.41, 5.74) is 1.92. The lowest BCUT2D eigenvalue weighted by Crippen LogP contribution is -2.32. The highest BCUT2D eigenvalue weighted by atomic mass is 16.5. The minimum atomic E-state index is -0.560. The summed E-state index contributed by atoms with van der Waals surface area (Å²) in [5, 5.41) is 16.2. The van der Waals surface area contributed by atoms with Gasteiger partial charge in [0, 0.05) is 43.0 Å². The minimum Gasteiger partial charge on any atom is -0.391 e. The summed E-state index contributed by atoms with van der Waals surface area (Å²) in [6, 6.07) is 7.65. The number of hydrogen-bond acceptors (Lipinski definition) is 3. The topological polar surface area (TPSA) is 75.5 Å². The number of urea groups is 1. The third kappa shape index (κ3) is 4.97. The molecule has 23 heavy (non-hydrogen) atoms. The van der Waals surface area contributed by atoms with E-state index in [2.05, 4.69) is 34.4 Å². The van der Waals surface area contributed by atoms with E-state index in [9.17, 15) is 9.90 Å². The molecule has 1 heterocycles. The minimum absolute atomic E-state index is 0.273. The van der Waals surface area contributed by atoms with E-state index < -0.39 is 6.10 Å². The molecule has 0 spiro atoms. The molecule has 1 unspecified atom stereocenters. The van der Waals surface area contributed by atoms with Crippen LogP contribution in [0.4, 0.5) is 10.5 Å². The number of nitrogens with zero attached hydrogens (tertiary/aromatic N) is 1. The summed E-state index contributed by atoms with van der Waals surface area (Å²) >= 11 is 0. The molecule has 6 nitrogen and oxygen atoms in total. The predicted molar refractivity (Wildman–Crippen MR) is 91.8 cm³/mol. The van der Waals surface area contributed by atoms with E-state index in [1.165, 1.54) is 12.6 Å². The molecule has 1 aromatic carbocycles. The molecule has 1 atom stereocenters. The standard InChI is InChI=1S/C17H25N3O3/c1-3-9-20-10-7-13-11-14(4-5-16(13)20)19-17(22)18-8-6-15(21)12-23-2/h4-5,7,10-11,15,21H,3,6,8-9,12H2,1-2H3,(H2,18,19,22). The Hall–Kier alpha value is -2.05. The number of hydrogen-bond donors (Lipinski definition) is 3. The van der Waals surface area contributed by atoms with Crippen LogP contribution >= 0.6 is 0 Å². The van der Waals surface area contributed by atoms with Crippen LogP contribution in [-0.4, -0.2) is 42.1 Å². The van der Waals surface area contributed by atoms with Crippen LogP contribution in [0, 0.1) is 0 Å². The quantitative estimate of drug-likeness (QED) is 0.700. The van der Waals surface area contributed by atoms with Gasteiger partial charge in [-0.05, 0) is 37.1 Å². The van der Waals surface area contributed by atoms with Crippen molar-refractivity contribution in [1.29, 1.82) is 0 Å². The average Bonchev–Trinajstić information content (AvgIpc) is 2.90. The molecule has 0 aliphatic heterocycles.